The minimum atomic E-state index is 1.15. The van der Waals surface area contributed by atoms with Gasteiger partial charge in [0.2, 0.25) is 0 Å². The van der Waals surface area contributed by atoms with Crippen LogP contribution in [0.2, 0.25) is 0 Å². The van der Waals surface area contributed by atoms with Crippen LogP contribution in [0.4, 0.5) is 0 Å². The van der Waals surface area contributed by atoms with Gasteiger partial charge in [-0.25, -0.2) is 0 Å². The summed E-state index contributed by atoms with van der Waals surface area (Å²) in [4.78, 5) is 0. The fraction of sp³-hybridized carbons (Fsp3) is 0.500. The van der Waals surface area contributed by atoms with Crippen molar-refractivity contribution in [2.75, 3.05) is 0 Å². The Morgan fingerprint density at radius 2 is 0.800 bits per heavy atom. The summed E-state index contributed by atoms with van der Waals surface area (Å²) in [5, 5.41) is 0. The first-order chi connectivity index (χ1) is 7.08. The average Bonchev–Trinajstić information content (AvgIpc) is 2.19. The van der Waals surface area contributed by atoms with Gasteiger partial charge in [-0.1, -0.05) is 20.8 Å². The number of rotatable bonds is 3. The Bertz CT molecular complexity index is 291. The molecule has 0 amide bonds. The SMILES string of the molecule is CCc1c(I)c(CC)c(I)c(CC)c1I. The quantitative estimate of drug-likeness (QED) is 0.464. The molecule has 3 heteroatoms. The highest BCUT2D eigenvalue weighted by atomic mass is 127. The van der Waals surface area contributed by atoms with Crippen LogP contribution < -0.4 is 0 Å². The third-order valence-electron chi connectivity index (χ3n) is 2.65. The maximum atomic E-state index is 2.52. The molecule has 84 valence electrons. The third-order valence-corrected chi connectivity index (χ3v) is 6.56. The van der Waals surface area contributed by atoms with Gasteiger partial charge in [-0.05, 0) is 104 Å². The molecule has 0 spiro atoms. The van der Waals surface area contributed by atoms with Crippen LogP contribution in [0.3, 0.4) is 0 Å². The van der Waals surface area contributed by atoms with Gasteiger partial charge in [0.15, 0.2) is 0 Å². The van der Waals surface area contributed by atoms with Gasteiger partial charge in [0.05, 0.1) is 0 Å². The van der Waals surface area contributed by atoms with Crippen LogP contribution in [0.1, 0.15) is 37.5 Å². The Labute approximate surface area is 133 Å². The summed E-state index contributed by atoms with van der Waals surface area (Å²) in [7, 11) is 0. The van der Waals surface area contributed by atoms with E-state index in [9.17, 15) is 0 Å². The first-order valence-corrected chi connectivity index (χ1v) is 8.49. The van der Waals surface area contributed by atoms with E-state index in [0.29, 0.717) is 0 Å². The standard InChI is InChI=1S/C12H15I3/c1-4-7-10(13)8(5-2)12(15)9(6-3)11(7)14/h4-6H2,1-3H3. The Morgan fingerprint density at radius 1 is 0.600 bits per heavy atom. The van der Waals surface area contributed by atoms with Gasteiger partial charge >= 0.3 is 0 Å². The molecule has 1 rings (SSSR count). The van der Waals surface area contributed by atoms with Crippen LogP contribution in [0.15, 0.2) is 0 Å². The molecule has 0 fully saturated rings. The molecule has 0 bridgehead atoms. The van der Waals surface area contributed by atoms with Crippen LogP contribution in [0.25, 0.3) is 0 Å². The van der Waals surface area contributed by atoms with Crippen molar-refractivity contribution in [2.45, 2.75) is 40.0 Å². The van der Waals surface area contributed by atoms with E-state index in [-0.39, 0.29) is 0 Å². The first-order valence-electron chi connectivity index (χ1n) is 5.25. The van der Waals surface area contributed by atoms with Gasteiger partial charge in [0.1, 0.15) is 0 Å². The van der Waals surface area contributed by atoms with Gasteiger partial charge in [-0.3, -0.25) is 0 Å². The van der Waals surface area contributed by atoms with E-state index in [0.717, 1.165) is 19.3 Å². The smallest absolute Gasteiger partial charge is 0.0215 e. The van der Waals surface area contributed by atoms with E-state index >= 15 is 0 Å². The lowest BCUT2D eigenvalue weighted by molar-refractivity contribution is 0.995. The molecule has 0 aliphatic rings. The zero-order valence-electron chi connectivity index (χ0n) is 9.26. The van der Waals surface area contributed by atoms with E-state index in [4.69, 9.17) is 0 Å². The van der Waals surface area contributed by atoms with Crippen LogP contribution >= 0.6 is 67.8 Å². The van der Waals surface area contributed by atoms with Gasteiger partial charge in [0, 0.05) is 10.7 Å². The molecule has 0 N–H and O–H groups in total. The highest BCUT2D eigenvalue weighted by molar-refractivity contribution is 14.1. The fourth-order valence-electron chi connectivity index (χ4n) is 1.77. The molecule has 0 saturated carbocycles. The summed E-state index contributed by atoms with van der Waals surface area (Å²) >= 11 is 7.55. The topological polar surface area (TPSA) is 0 Å². The molecule has 0 heterocycles. The number of halogens is 3. The largest absolute Gasteiger partial charge is 0.0612 e. The number of benzene rings is 1. The summed E-state index contributed by atoms with van der Waals surface area (Å²) in [6.45, 7) is 6.77. The summed E-state index contributed by atoms with van der Waals surface area (Å²) in [5.74, 6) is 0. The van der Waals surface area contributed by atoms with Crippen molar-refractivity contribution in [1.29, 1.82) is 0 Å². The van der Waals surface area contributed by atoms with Gasteiger partial charge < -0.3 is 0 Å². The van der Waals surface area contributed by atoms with E-state index in [1.807, 2.05) is 0 Å². The van der Waals surface area contributed by atoms with E-state index < -0.39 is 0 Å². The van der Waals surface area contributed by atoms with Crippen LogP contribution in [0, 0.1) is 10.7 Å². The van der Waals surface area contributed by atoms with Gasteiger partial charge in [-0.2, -0.15) is 0 Å². The van der Waals surface area contributed by atoms with Crippen molar-refractivity contribution in [3.05, 3.63) is 27.4 Å². The molecule has 0 aliphatic heterocycles. The summed E-state index contributed by atoms with van der Waals surface area (Å²) in [6, 6.07) is 0. The van der Waals surface area contributed by atoms with Crippen molar-refractivity contribution < 1.29 is 0 Å². The minimum Gasteiger partial charge on any atom is -0.0612 e. The lowest BCUT2D eigenvalue weighted by atomic mass is 10.0. The fourth-order valence-corrected chi connectivity index (χ4v) is 7.22. The Balaban J connectivity index is 3.57. The second kappa shape index (κ2) is 6.37. The normalized spacial score (nSPS) is 10.8. The Kier molecular flexibility index (Phi) is 6.15. The lowest BCUT2D eigenvalue weighted by Gasteiger charge is -2.17. The van der Waals surface area contributed by atoms with Gasteiger partial charge in [0.25, 0.3) is 0 Å². The molecule has 1 aromatic carbocycles. The average molecular weight is 540 g/mol. The van der Waals surface area contributed by atoms with Crippen LogP contribution in [-0.2, 0) is 19.3 Å². The molecule has 1 aromatic rings. The van der Waals surface area contributed by atoms with E-state index in [1.54, 1.807) is 16.7 Å². The highest BCUT2D eigenvalue weighted by Crippen LogP contribution is 2.32. The third kappa shape index (κ3) is 2.81. The first kappa shape index (κ1) is 14.5. The molecule has 0 atom stereocenters. The molecule has 0 aliphatic carbocycles. The monoisotopic (exact) mass is 540 g/mol. The molecule has 0 unspecified atom stereocenters. The zero-order chi connectivity index (χ0) is 11.6. The maximum absolute atomic E-state index is 2.52. The van der Waals surface area contributed by atoms with Crippen molar-refractivity contribution in [3.63, 3.8) is 0 Å². The Hall–Kier alpha value is 1.41. The molecule has 0 aromatic heterocycles. The molecular weight excluding hydrogens is 525 g/mol. The van der Waals surface area contributed by atoms with E-state index in [2.05, 4.69) is 88.5 Å². The highest BCUT2D eigenvalue weighted by Gasteiger charge is 2.16. The predicted molar refractivity (Wildman–Crippen MR) is 92.7 cm³/mol. The Morgan fingerprint density at radius 3 is 0.933 bits per heavy atom. The summed E-state index contributed by atoms with van der Waals surface area (Å²) < 4.78 is 4.47. The molecular formula is C12H15I3. The molecule has 0 radical (unpaired) electrons. The second-order valence-corrected chi connectivity index (χ2v) is 6.67. The molecule has 0 saturated heterocycles. The molecule has 0 nitrogen and oxygen atoms in total. The summed E-state index contributed by atoms with van der Waals surface area (Å²) in [6.07, 6.45) is 3.44. The summed E-state index contributed by atoms with van der Waals surface area (Å²) in [5.41, 5.74) is 4.64. The number of hydrogen-bond acceptors (Lipinski definition) is 0. The van der Waals surface area contributed by atoms with Crippen LogP contribution in [0.5, 0.6) is 0 Å². The van der Waals surface area contributed by atoms with Crippen molar-refractivity contribution in [2.24, 2.45) is 0 Å². The van der Waals surface area contributed by atoms with Crippen LogP contribution in [-0.4, -0.2) is 0 Å². The lowest BCUT2D eigenvalue weighted by Crippen LogP contribution is -2.06. The number of hydrogen-bond donors (Lipinski definition) is 0. The van der Waals surface area contributed by atoms with Crippen molar-refractivity contribution >= 4 is 67.8 Å². The van der Waals surface area contributed by atoms with Gasteiger partial charge in [-0.15, -0.1) is 0 Å². The minimum absolute atomic E-state index is 1.15. The molecule has 15 heavy (non-hydrogen) atoms. The van der Waals surface area contributed by atoms with Crippen molar-refractivity contribution in [1.82, 2.24) is 0 Å². The maximum Gasteiger partial charge on any atom is 0.0215 e. The van der Waals surface area contributed by atoms with E-state index in [1.165, 1.54) is 10.7 Å². The predicted octanol–water partition coefficient (Wildman–Crippen LogP) is 5.19. The van der Waals surface area contributed by atoms with Crippen molar-refractivity contribution in [3.8, 4) is 0 Å². The second-order valence-electron chi connectivity index (χ2n) is 3.44. The zero-order valence-corrected chi connectivity index (χ0v) is 15.7.